The molecule has 1 amide bonds. The number of amides is 1. The van der Waals surface area contributed by atoms with Crippen LogP contribution in [0.3, 0.4) is 0 Å². The van der Waals surface area contributed by atoms with Crippen molar-refractivity contribution in [2.45, 2.75) is 33.6 Å². The number of aliphatic hydroxyl groups is 1. The van der Waals surface area contributed by atoms with Gasteiger partial charge in [0.25, 0.3) is 0 Å². The number of carbonyl (C=O) groups is 1. The fourth-order valence-electron chi connectivity index (χ4n) is 1.34. The highest BCUT2D eigenvalue weighted by Crippen LogP contribution is 2.24. The third-order valence-corrected chi connectivity index (χ3v) is 3.27. The molecule has 1 atom stereocenters. The summed E-state index contributed by atoms with van der Waals surface area (Å²) in [5, 5.41) is 12.2. The number of carbonyl (C=O) groups excluding carboxylic acids is 1. The van der Waals surface area contributed by atoms with Gasteiger partial charge in [0.05, 0.1) is 6.61 Å². The Bertz CT molecular complexity index is 183. The van der Waals surface area contributed by atoms with Gasteiger partial charge in [-0.05, 0) is 12.8 Å². The molecule has 0 aliphatic rings. The lowest BCUT2D eigenvalue weighted by molar-refractivity contribution is -0.124. The van der Waals surface area contributed by atoms with Gasteiger partial charge in [-0.2, -0.15) is 0 Å². The van der Waals surface area contributed by atoms with E-state index >= 15 is 0 Å². The zero-order valence-electron chi connectivity index (χ0n) is 10.0. The summed E-state index contributed by atoms with van der Waals surface area (Å²) in [4.78, 5) is 11.5. The van der Waals surface area contributed by atoms with E-state index in [2.05, 4.69) is 5.32 Å². The number of hydrogen-bond acceptors (Lipinski definition) is 3. The lowest BCUT2D eigenvalue weighted by Gasteiger charge is -2.30. The molecule has 4 N–H and O–H groups in total. The van der Waals surface area contributed by atoms with Gasteiger partial charge in [-0.25, -0.2) is 0 Å². The van der Waals surface area contributed by atoms with E-state index in [0.717, 1.165) is 12.8 Å². The maximum Gasteiger partial charge on any atom is 0.224 e. The molecular weight excluding hydrogens is 192 g/mol. The molecule has 0 aromatic carbocycles. The molecule has 1 unspecified atom stereocenters. The number of hydrogen-bond donors (Lipinski definition) is 3. The fourth-order valence-corrected chi connectivity index (χ4v) is 1.34. The van der Waals surface area contributed by atoms with Crippen molar-refractivity contribution >= 4 is 5.91 Å². The summed E-state index contributed by atoms with van der Waals surface area (Å²) >= 11 is 0. The molecule has 0 aliphatic carbocycles. The van der Waals surface area contributed by atoms with E-state index in [1.54, 1.807) is 6.92 Å². The molecule has 0 radical (unpaired) electrons. The average molecular weight is 216 g/mol. The summed E-state index contributed by atoms with van der Waals surface area (Å²) in [5.74, 6) is -0.188. The maximum atomic E-state index is 11.5. The van der Waals surface area contributed by atoms with Gasteiger partial charge in [0.2, 0.25) is 5.91 Å². The van der Waals surface area contributed by atoms with Crippen molar-refractivity contribution in [3.05, 3.63) is 0 Å². The second kappa shape index (κ2) is 6.80. The van der Waals surface area contributed by atoms with Gasteiger partial charge in [0.1, 0.15) is 0 Å². The summed E-state index contributed by atoms with van der Waals surface area (Å²) in [6.07, 6.45) is 1.72. The first-order valence-electron chi connectivity index (χ1n) is 5.63. The smallest absolute Gasteiger partial charge is 0.224 e. The Labute approximate surface area is 92.2 Å². The summed E-state index contributed by atoms with van der Waals surface area (Å²) in [6.45, 7) is 6.84. The van der Waals surface area contributed by atoms with Crippen LogP contribution < -0.4 is 11.1 Å². The number of nitrogens with two attached hydrogens (primary N) is 1. The number of rotatable bonds is 7. The van der Waals surface area contributed by atoms with E-state index in [1.807, 2.05) is 13.8 Å². The predicted octanol–water partition coefficient (Wildman–Crippen LogP) is 0.496. The lowest BCUT2D eigenvalue weighted by Crippen LogP contribution is -2.42. The molecule has 4 heteroatoms. The Kier molecular flexibility index (Phi) is 6.52. The second-order valence-corrected chi connectivity index (χ2v) is 4.22. The van der Waals surface area contributed by atoms with Crippen molar-refractivity contribution in [2.24, 2.45) is 17.1 Å². The molecule has 4 nitrogen and oxygen atoms in total. The monoisotopic (exact) mass is 216 g/mol. The minimum absolute atomic E-state index is 0.0303. The fraction of sp³-hybridized carbons (Fsp3) is 0.909. The van der Waals surface area contributed by atoms with Gasteiger partial charge in [-0.3, -0.25) is 4.79 Å². The highest BCUT2D eigenvalue weighted by Gasteiger charge is 2.26. The van der Waals surface area contributed by atoms with Crippen LogP contribution >= 0.6 is 0 Å². The molecule has 0 bridgehead atoms. The van der Waals surface area contributed by atoms with Gasteiger partial charge >= 0.3 is 0 Å². The molecule has 0 heterocycles. The molecule has 0 rings (SSSR count). The van der Waals surface area contributed by atoms with Crippen LogP contribution in [0.4, 0.5) is 0 Å². The van der Waals surface area contributed by atoms with E-state index < -0.39 is 0 Å². The predicted molar refractivity (Wildman–Crippen MR) is 61.3 cm³/mol. The van der Waals surface area contributed by atoms with E-state index in [1.165, 1.54) is 0 Å². The zero-order valence-corrected chi connectivity index (χ0v) is 10.0. The summed E-state index contributed by atoms with van der Waals surface area (Å²) in [6, 6.07) is 0. The van der Waals surface area contributed by atoms with Gasteiger partial charge in [0.15, 0.2) is 0 Å². The van der Waals surface area contributed by atoms with Crippen molar-refractivity contribution in [3.63, 3.8) is 0 Å². The minimum atomic E-state index is -0.177. The lowest BCUT2D eigenvalue weighted by atomic mass is 9.83. The maximum absolute atomic E-state index is 11.5. The molecule has 0 aromatic rings. The van der Waals surface area contributed by atoms with Crippen LogP contribution in [0.2, 0.25) is 0 Å². The van der Waals surface area contributed by atoms with Crippen LogP contribution in [0.5, 0.6) is 0 Å². The molecule has 15 heavy (non-hydrogen) atoms. The molecule has 0 saturated carbocycles. The number of nitrogens with one attached hydrogen (secondary N) is 1. The Morgan fingerprint density at radius 1 is 1.47 bits per heavy atom. The molecule has 0 spiro atoms. The van der Waals surface area contributed by atoms with Crippen LogP contribution in [0.15, 0.2) is 0 Å². The Balaban J connectivity index is 4.16. The summed E-state index contributed by atoms with van der Waals surface area (Å²) < 4.78 is 0. The van der Waals surface area contributed by atoms with E-state index in [9.17, 15) is 9.90 Å². The van der Waals surface area contributed by atoms with Crippen molar-refractivity contribution < 1.29 is 9.90 Å². The molecule has 0 fully saturated rings. The normalized spacial score (nSPS) is 13.7. The van der Waals surface area contributed by atoms with Crippen LogP contribution in [-0.4, -0.2) is 30.7 Å². The van der Waals surface area contributed by atoms with Crippen molar-refractivity contribution in [1.82, 2.24) is 5.32 Å². The topological polar surface area (TPSA) is 75.3 Å². The molecule has 0 aliphatic heterocycles. The largest absolute Gasteiger partial charge is 0.396 e. The first-order chi connectivity index (χ1) is 7.05. The standard InChI is InChI=1S/C11H24N2O2/c1-4-11(5-2,8-14)7-13-10(15)9(3)6-12/h9,14H,4-8,12H2,1-3H3,(H,13,15). The molecular formula is C11H24N2O2. The summed E-state index contributed by atoms with van der Waals surface area (Å²) in [5.41, 5.74) is 5.22. The SMILES string of the molecule is CCC(CC)(CO)CNC(=O)C(C)CN. The third-order valence-electron chi connectivity index (χ3n) is 3.27. The van der Waals surface area contributed by atoms with Gasteiger partial charge in [-0.15, -0.1) is 0 Å². The van der Waals surface area contributed by atoms with Crippen LogP contribution in [0.1, 0.15) is 33.6 Å². The molecule has 0 saturated heterocycles. The second-order valence-electron chi connectivity index (χ2n) is 4.22. The minimum Gasteiger partial charge on any atom is -0.396 e. The van der Waals surface area contributed by atoms with Gasteiger partial charge in [0, 0.05) is 24.4 Å². The van der Waals surface area contributed by atoms with Crippen LogP contribution in [-0.2, 0) is 4.79 Å². The highest BCUT2D eigenvalue weighted by molar-refractivity contribution is 5.78. The van der Waals surface area contributed by atoms with Gasteiger partial charge in [-0.1, -0.05) is 20.8 Å². The highest BCUT2D eigenvalue weighted by atomic mass is 16.3. The Morgan fingerprint density at radius 2 is 2.00 bits per heavy atom. The van der Waals surface area contributed by atoms with Crippen LogP contribution in [0.25, 0.3) is 0 Å². The van der Waals surface area contributed by atoms with Crippen molar-refractivity contribution in [2.75, 3.05) is 19.7 Å². The summed E-state index contributed by atoms with van der Waals surface area (Å²) in [7, 11) is 0. The molecule has 90 valence electrons. The molecule has 0 aromatic heterocycles. The van der Waals surface area contributed by atoms with E-state index in [4.69, 9.17) is 5.73 Å². The quantitative estimate of drug-likeness (QED) is 0.580. The first-order valence-corrected chi connectivity index (χ1v) is 5.63. The van der Waals surface area contributed by atoms with Crippen LogP contribution in [0, 0.1) is 11.3 Å². The average Bonchev–Trinajstić information content (AvgIpc) is 2.30. The Morgan fingerprint density at radius 3 is 2.33 bits per heavy atom. The Hall–Kier alpha value is -0.610. The van der Waals surface area contributed by atoms with Crippen molar-refractivity contribution in [1.29, 1.82) is 0 Å². The van der Waals surface area contributed by atoms with E-state index in [-0.39, 0.29) is 23.8 Å². The van der Waals surface area contributed by atoms with Gasteiger partial charge < -0.3 is 16.2 Å². The number of aliphatic hydroxyl groups excluding tert-OH is 1. The first kappa shape index (κ1) is 14.4. The van der Waals surface area contributed by atoms with E-state index in [0.29, 0.717) is 13.1 Å². The van der Waals surface area contributed by atoms with Crippen molar-refractivity contribution in [3.8, 4) is 0 Å². The zero-order chi connectivity index (χ0) is 11.9. The third kappa shape index (κ3) is 4.18.